The molecule has 1 atom stereocenters. The lowest BCUT2D eigenvalue weighted by atomic mass is 10.1. The van der Waals surface area contributed by atoms with Crippen molar-refractivity contribution in [2.75, 3.05) is 37.0 Å². The number of carbonyl (C=O) groups excluding carboxylic acids is 1. The largest absolute Gasteiger partial charge is 0.480 e. The van der Waals surface area contributed by atoms with Crippen molar-refractivity contribution in [3.05, 3.63) is 30.6 Å². The molecule has 8 nitrogen and oxygen atoms in total. The van der Waals surface area contributed by atoms with Crippen molar-refractivity contribution in [1.29, 1.82) is 0 Å². The second-order valence-electron chi connectivity index (χ2n) is 5.82. The number of carbonyl (C=O) groups is 1. The van der Waals surface area contributed by atoms with Gasteiger partial charge < -0.3 is 14.5 Å². The number of hydrogen-bond donors (Lipinski definition) is 1. The number of aryl methyl sites for hydroxylation is 1. The van der Waals surface area contributed by atoms with Crippen LogP contribution in [0, 0.1) is 0 Å². The zero-order valence-electron chi connectivity index (χ0n) is 14.1. The molecule has 1 unspecified atom stereocenters. The molecular weight excluding hydrogens is 308 g/mol. The minimum absolute atomic E-state index is 0.123. The van der Waals surface area contributed by atoms with Crippen molar-refractivity contribution < 1.29 is 9.53 Å². The molecule has 0 spiro atoms. The molecule has 0 saturated carbocycles. The Morgan fingerprint density at radius 2 is 2.08 bits per heavy atom. The Balaban J connectivity index is 1.62. The van der Waals surface area contributed by atoms with Gasteiger partial charge in [0.05, 0.1) is 7.11 Å². The number of ether oxygens (including phenoxy) is 1. The molecule has 128 valence electrons. The number of aromatic nitrogens is 3. The van der Waals surface area contributed by atoms with E-state index in [1.165, 1.54) is 0 Å². The lowest BCUT2D eigenvalue weighted by Gasteiger charge is -2.41. The summed E-state index contributed by atoms with van der Waals surface area (Å²) in [5, 5.41) is 7.03. The van der Waals surface area contributed by atoms with Gasteiger partial charge in [0, 0.05) is 56.9 Å². The van der Waals surface area contributed by atoms with Crippen LogP contribution < -0.4 is 15.0 Å². The quantitative estimate of drug-likeness (QED) is 0.924. The van der Waals surface area contributed by atoms with Crippen molar-refractivity contribution in [3.63, 3.8) is 0 Å². The number of pyridine rings is 1. The van der Waals surface area contributed by atoms with Crippen LogP contribution in [0.4, 0.5) is 16.3 Å². The molecule has 0 aromatic carbocycles. The third-order valence-electron chi connectivity index (χ3n) is 4.21. The Morgan fingerprint density at radius 3 is 2.71 bits per heavy atom. The van der Waals surface area contributed by atoms with Crippen LogP contribution in [0.2, 0.25) is 0 Å². The molecule has 24 heavy (non-hydrogen) atoms. The lowest BCUT2D eigenvalue weighted by Crippen LogP contribution is -2.54. The summed E-state index contributed by atoms with van der Waals surface area (Å²) in [7, 11) is 3.32. The highest BCUT2D eigenvalue weighted by Crippen LogP contribution is 2.21. The van der Waals surface area contributed by atoms with Crippen LogP contribution in [0.25, 0.3) is 0 Å². The van der Waals surface area contributed by atoms with Gasteiger partial charge in [-0.25, -0.2) is 9.48 Å². The molecule has 3 heterocycles. The average molecular weight is 330 g/mol. The second-order valence-corrected chi connectivity index (χ2v) is 5.82. The second kappa shape index (κ2) is 6.77. The van der Waals surface area contributed by atoms with Crippen LogP contribution in [0.5, 0.6) is 5.88 Å². The lowest BCUT2D eigenvalue weighted by molar-refractivity contribution is 0.200. The van der Waals surface area contributed by atoms with Gasteiger partial charge in [-0.1, -0.05) is 0 Å². The fraction of sp³-hybridized carbons (Fsp3) is 0.438. The number of nitrogens with one attached hydrogen (secondary N) is 1. The van der Waals surface area contributed by atoms with E-state index in [9.17, 15) is 4.79 Å². The smallest absolute Gasteiger partial charge is 0.323 e. The first kappa shape index (κ1) is 16.1. The fourth-order valence-corrected chi connectivity index (χ4v) is 2.91. The number of piperazine rings is 1. The van der Waals surface area contributed by atoms with Crippen molar-refractivity contribution in [2.24, 2.45) is 7.05 Å². The van der Waals surface area contributed by atoms with Crippen LogP contribution in [0.3, 0.4) is 0 Å². The number of amides is 2. The van der Waals surface area contributed by atoms with Crippen LogP contribution >= 0.6 is 0 Å². The molecule has 1 N–H and O–H groups in total. The monoisotopic (exact) mass is 330 g/mol. The van der Waals surface area contributed by atoms with E-state index in [1.807, 2.05) is 17.0 Å². The number of urea groups is 1. The number of methoxy groups -OCH3 is 1. The fourth-order valence-electron chi connectivity index (χ4n) is 2.91. The Hall–Kier alpha value is -2.77. The van der Waals surface area contributed by atoms with Crippen molar-refractivity contribution in [3.8, 4) is 5.88 Å². The first-order valence-corrected chi connectivity index (χ1v) is 7.89. The number of rotatable bonds is 3. The van der Waals surface area contributed by atoms with E-state index in [0.717, 1.165) is 12.2 Å². The molecular formula is C16H22N6O2. The van der Waals surface area contributed by atoms with Gasteiger partial charge in [0.15, 0.2) is 0 Å². The molecule has 1 saturated heterocycles. The maximum Gasteiger partial charge on any atom is 0.323 e. The highest BCUT2D eigenvalue weighted by atomic mass is 16.5. The predicted octanol–water partition coefficient (Wildman–Crippen LogP) is 1.57. The molecule has 1 fully saturated rings. The van der Waals surface area contributed by atoms with Gasteiger partial charge in [0.25, 0.3) is 0 Å². The molecule has 2 amide bonds. The molecule has 3 rings (SSSR count). The van der Waals surface area contributed by atoms with Gasteiger partial charge in [-0.2, -0.15) is 0 Å². The standard InChI is InChI=1S/C16H22N6O2/c1-12-11-21(8-9-22(12)13-4-6-17-7-5-13)16(23)18-14-10-15(24-3)19-20(14)2/h4-7,10,12H,8-9,11H2,1-3H3,(H,18,23). The van der Waals surface area contributed by atoms with E-state index in [0.29, 0.717) is 24.8 Å². The Bertz CT molecular complexity index is 702. The van der Waals surface area contributed by atoms with Crippen molar-refractivity contribution >= 4 is 17.5 Å². The zero-order chi connectivity index (χ0) is 17.1. The molecule has 8 heteroatoms. The van der Waals surface area contributed by atoms with Gasteiger partial charge >= 0.3 is 6.03 Å². The summed E-state index contributed by atoms with van der Waals surface area (Å²) in [6, 6.07) is 5.80. The maximum absolute atomic E-state index is 12.5. The molecule has 1 aliphatic heterocycles. The van der Waals surface area contributed by atoms with Crippen LogP contribution in [-0.2, 0) is 7.05 Å². The highest BCUT2D eigenvalue weighted by Gasteiger charge is 2.27. The Labute approximate surface area is 141 Å². The number of nitrogens with zero attached hydrogens (tertiary/aromatic N) is 5. The highest BCUT2D eigenvalue weighted by molar-refractivity contribution is 5.88. The number of hydrogen-bond acceptors (Lipinski definition) is 5. The van der Waals surface area contributed by atoms with Crippen molar-refractivity contribution in [1.82, 2.24) is 19.7 Å². The normalized spacial score (nSPS) is 17.7. The zero-order valence-corrected chi connectivity index (χ0v) is 14.1. The van der Waals surface area contributed by atoms with E-state index in [-0.39, 0.29) is 12.1 Å². The van der Waals surface area contributed by atoms with Crippen LogP contribution in [0.1, 0.15) is 6.92 Å². The van der Waals surface area contributed by atoms with E-state index in [2.05, 4.69) is 27.2 Å². The Morgan fingerprint density at radius 1 is 1.33 bits per heavy atom. The van der Waals surface area contributed by atoms with E-state index in [4.69, 9.17) is 4.74 Å². The van der Waals surface area contributed by atoms with Gasteiger partial charge in [0.1, 0.15) is 5.82 Å². The summed E-state index contributed by atoms with van der Waals surface area (Å²) < 4.78 is 6.66. The van der Waals surface area contributed by atoms with Gasteiger partial charge in [-0.05, 0) is 19.1 Å². The summed E-state index contributed by atoms with van der Waals surface area (Å²) in [6.07, 6.45) is 3.58. The van der Waals surface area contributed by atoms with Crippen molar-refractivity contribution in [2.45, 2.75) is 13.0 Å². The first-order valence-electron chi connectivity index (χ1n) is 7.89. The Kier molecular flexibility index (Phi) is 4.54. The summed E-state index contributed by atoms with van der Waals surface area (Å²) in [6.45, 7) is 4.22. The summed E-state index contributed by atoms with van der Waals surface area (Å²) >= 11 is 0. The summed E-state index contributed by atoms with van der Waals surface area (Å²) in [5.74, 6) is 1.09. The minimum Gasteiger partial charge on any atom is -0.480 e. The topological polar surface area (TPSA) is 75.5 Å². The van der Waals surface area contributed by atoms with E-state index in [1.54, 1.807) is 37.3 Å². The molecule has 0 bridgehead atoms. The van der Waals surface area contributed by atoms with E-state index >= 15 is 0 Å². The molecule has 1 aliphatic rings. The summed E-state index contributed by atoms with van der Waals surface area (Å²) in [4.78, 5) is 20.7. The maximum atomic E-state index is 12.5. The average Bonchev–Trinajstić information content (AvgIpc) is 2.95. The van der Waals surface area contributed by atoms with Crippen LogP contribution in [0.15, 0.2) is 30.6 Å². The third-order valence-corrected chi connectivity index (χ3v) is 4.21. The SMILES string of the molecule is COc1cc(NC(=O)N2CCN(c3ccncc3)C(C)C2)n(C)n1. The predicted molar refractivity (Wildman–Crippen MR) is 91.4 cm³/mol. The number of anilines is 2. The third kappa shape index (κ3) is 3.27. The minimum atomic E-state index is -0.123. The van der Waals surface area contributed by atoms with Gasteiger partial charge in [-0.15, -0.1) is 5.10 Å². The van der Waals surface area contributed by atoms with Gasteiger partial charge in [-0.3, -0.25) is 10.3 Å². The summed E-state index contributed by atoms with van der Waals surface area (Å²) in [5.41, 5.74) is 1.13. The molecule has 0 aliphatic carbocycles. The van der Waals surface area contributed by atoms with Gasteiger partial charge in [0.2, 0.25) is 5.88 Å². The van der Waals surface area contributed by atoms with E-state index < -0.39 is 0 Å². The van der Waals surface area contributed by atoms with Crippen LogP contribution in [-0.4, -0.2) is 58.5 Å². The molecule has 0 radical (unpaired) electrons. The molecule has 2 aromatic rings. The first-order chi connectivity index (χ1) is 11.6. The molecule has 2 aromatic heterocycles.